The molecule has 1 fully saturated rings. The Kier molecular flexibility index (Phi) is 5.41. The fraction of sp³-hybridized carbons (Fsp3) is 0.300. The van der Waals surface area contributed by atoms with Crippen molar-refractivity contribution in [1.82, 2.24) is 0 Å². The minimum atomic E-state index is -0.299. The van der Waals surface area contributed by atoms with Crippen LogP contribution >= 0.6 is 0 Å². The van der Waals surface area contributed by atoms with E-state index in [0.29, 0.717) is 30.2 Å². The van der Waals surface area contributed by atoms with Crippen LogP contribution in [0.4, 0.5) is 11.4 Å². The number of hydrogen-bond acceptors (Lipinski definition) is 4. The fourth-order valence-electron chi connectivity index (χ4n) is 2.94. The second-order valence-electron chi connectivity index (χ2n) is 6.16. The van der Waals surface area contributed by atoms with Crippen molar-refractivity contribution in [2.75, 3.05) is 30.5 Å². The van der Waals surface area contributed by atoms with E-state index < -0.39 is 0 Å². The Morgan fingerprint density at radius 2 is 2.00 bits per heavy atom. The number of ether oxygens (including phenoxy) is 2. The van der Waals surface area contributed by atoms with E-state index >= 15 is 0 Å². The largest absolute Gasteiger partial charge is 0.493 e. The highest BCUT2D eigenvalue weighted by Gasteiger charge is 2.24. The first-order valence-electron chi connectivity index (χ1n) is 8.55. The lowest BCUT2D eigenvalue weighted by molar-refractivity contribution is -0.118. The molecule has 0 bridgehead atoms. The van der Waals surface area contributed by atoms with Crippen molar-refractivity contribution in [2.24, 2.45) is 0 Å². The normalized spacial score (nSPS) is 13.6. The maximum atomic E-state index is 12.3. The Labute approximate surface area is 152 Å². The molecule has 0 spiro atoms. The zero-order valence-electron chi connectivity index (χ0n) is 15.0. The van der Waals surface area contributed by atoms with Crippen LogP contribution in [0.15, 0.2) is 42.5 Å². The second-order valence-corrected chi connectivity index (χ2v) is 6.16. The van der Waals surface area contributed by atoms with E-state index in [1.165, 1.54) is 0 Å². The maximum Gasteiger partial charge on any atom is 0.262 e. The summed E-state index contributed by atoms with van der Waals surface area (Å²) in [7, 11) is 1.56. The summed E-state index contributed by atoms with van der Waals surface area (Å²) in [6.07, 6.45) is 1.37. The smallest absolute Gasteiger partial charge is 0.262 e. The van der Waals surface area contributed by atoms with E-state index in [0.717, 1.165) is 17.7 Å². The minimum absolute atomic E-state index is 0.0762. The molecule has 136 valence electrons. The number of rotatable bonds is 6. The van der Waals surface area contributed by atoms with Gasteiger partial charge < -0.3 is 19.7 Å². The molecule has 1 N–H and O–H groups in total. The van der Waals surface area contributed by atoms with Crippen molar-refractivity contribution in [2.45, 2.75) is 19.8 Å². The molecule has 2 aromatic carbocycles. The lowest BCUT2D eigenvalue weighted by Gasteiger charge is -2.20. The molecule has 1 saturated heterocycles. The number of carbonyl (C=O) groups is 2. The van der Waals surface area contributed by atoms with Gasteiger partial charge in [-0.2, -0.15) is 0 Å². The number of hydrogen-bond donors (Lipinski definition) is 1. The maximum absolute atomic E-state index is 12.3. The highest BCUT2D eigenvalue weighted by Crippen LogP contribution is 2.30. The average Bonchev–Trinajstić information content (AvgIpc) is 3.06. The predicted octanol–water partition coefficient (Wildman–Crippen LogP) is 3.15. The van der Waals surface area contributed by atoms with E-state index in [2.05, 4.69) is 5.32 Å². The predicted molar refractivity (Wildman–Crippen MR) is 99.9 cm³/mol. The van der Waals surface area contributed by atoms with Crippen LogP contribution in [0.25, 0.3) is 0 Å². The third kappa shape index (κ3) is 3.96. The van der Waals surface area contributed by atoms with Crippen molar-refractivity contribution in [1.29, 1.82) is 0 Å². The molecule has 0 aromatic heterocycles. The molecule has 1 aliphatic rings. The molecule has 0 aliphatic carbocycles. The van der Waals surface area contributed by atoms with Crippen LogP contribution in [-0.4, -0.2) is 32.1 Å². The van der Waals surface area contributed by atoms with Gasteiger partial charge in [-0.25, -0.2) is 0 Å². The zero-order valence-corrected chi connectivity index (χ0v) is 15.0. The summed E-state index contributed by atoms with van der Waals surface area (Å²) in [4.78, 5) is 26.0. The van der Waals surface area contributed by atoms with Gasteiger partial charge in [-0.3, -0.25) is 9.59 Å². The topological polar surface area (TPSA) is 67.9 Å². The number of nitrogens with one attached hydrogen (secondary N) is 1. The summed E-state index contributed by atoms with van der Waals surface area (Å²) < 4.78 is 10.9. The summed E-state index contributed by atoms with van der Waals surface area (Å²) in [6.45, 7) is 2.47. The first-order valence-corrected chi connectivity index (χ1v) is 8.55. The zero-order chi connectivity index (χ0) is 18.5. The van der Waals surface area contributed by atoms with Gasteiger partial charge in [0, 0.05) is 13.0 Å². The second kappa shape index (κ2) is 7.91. The van der Waals surface area contributed by atoms with Crippen molar-refractivity contribution < 1.29 is 19.1 Å². The van der Waals surface area contributed by atoms with Crippen molar-refractivity contribution in [3.63, 3.8) is 0 Å². The summed E-state index contributed by atoms with van der Waals surface area (Å²) in [5, 5.41) is 2.83. The molecule has 0 radical (unpaired) electrons. The number of nitrogens with zero attached hydrogens (tertiary/aromatic N) is 1. The van der Waals surface area contributed by atoms with Crippen LogP contribution in [0.5, 0.6) is 11.5 Å². The van der Waals surface area contributed by atoms with Crippen LogP contribution in [0, 0.1) is 6.92 Å². The third-order valence-corrected chi connectivity index (χ3v) is 4.22. The highest BCUT2D eigenvalue weighted by molar-refractivity contribution is 6.02. The minimum Gasteiger partial charge on any atom is -0.493 e. The number of anilines is 2. The first kappa shape index (κ1) is 17.8. The van der Waals surface area contributed by atoms with E-state index in [4.69, 9.17) is 9.47 Å². The molecule has 2 aromatic rings. The monoisotopic (exact) mass is 354 g/mol. The van der Waals surface area contributed by atoms with Gasteiger partial charge in [-0.05, 0) is 43.2 Å². The van der Waals surface area contributed by atoms with Gasteiger partial charge in [-0.15, -0.1) is 0 Å². The molecule has 1 aliphatic heterocycles. The van der Waals surface area contributed by atoms with Gasteiger partial charge in [0.25, 0.3) is 5.91 Å². The van der Waals surface area contributed by atoms with Crippen molar-refractivity contribution in [3.8, 4) is 11.5 Å². The number of benzene rings is 2. The average molecular weight is 354 g/mol. The van der Waals surface area contributed by atoms with Crippen LogP contribution < -0.4 is 19.7 Å². The number of amides is 2. The lowest BCUT2D eigenvalue weighted by atomic mass is 10.2. The fourth-order valence-corrected chi connectivity index (χ4v) is 2.94. The standard InChI is InChI=1S/C20H22N2O4/c1-14-9-10-17(18(12-14)25-2)26-13-19(23)21-15-6-3-4-7-16(15)22-11-5-8-20(22)24/h3-4,6-7,9-10,12H,5,8,11,13H2,1-2H3,(H,21,23). The molecule has 0 unspecified atom stereocenters. The van der Waals surface area contributed by atoms with Crippen LogP contribution in [0.1, 0.15) is 18.4 Å². The van der Waals surface area contributed by atoms with Crippen LogP contribution in [0.3, 0.4) is 0 Å². The van der Waals surface area contributed by atoms with E-state index in [1.807, 2.05) is 37.3 Å². The molecule has 0 saturated carbocycles. The molecule has 6 nitrogen and oxygen atoms in total. The van der Waals surface area contributed by atoms with Gasteiger partial charge >= 0.3 is 0 Å². The number of aryl methyl sites for hydroxylation is 1. The Morgan fingerprint density at radius 1 is 1.19 bits per heavy atom. The summed E-state index contributed by atoms with van der Waals surface area (Å²) in [6, 6.07) is 12.8. The van der Waals surface area contributed by atoms with Gasteiger partial charge in [0.05, 0.1) is 18.5 Å². The van der Waals surface area contributed by atoms with Gasteiger partial charge in [-0.1, -0.05) is 18.2 Å². The summed E-state index contributed by atoms with van der Waals surface area (Å²) >= 11 is 0. The van der Waals surface area contributed by atoms with Crippen LogP contribution in [0.2, 0.25) is 0 Å². The molecule has 6 heteroatoms. The van der Waals surface area contributed by atoms with E-state index in [1.54, 1.807) is 24.1 Å². The summed E-state index contributed by atoms with van der Waals surface area (Å²) in [5.74, 6) is 0.871. The first-order chi connectivity index (χ1) is 12.6. The molecular formula is C20H22N2O4. The molecule has 2 amide bonds. The number of methoxy groups -OCH3 is 1. The van der Waals surface area contributed by atoms with Crippen molar-refractivity contribution >= 4 is 23.2 Å². The third-order valence-electron chi connectivity index (χ3n) is 4.22. The SMILES string of the molecule is COc1cc(C)ccc1OCC(=O)Nc1ccccc1N1CCCC1=O. The molecule has 0 atom stereocenters. The van der Waals surface area contributed by atoms with E-state index in [9.17, 15) is 9.59 Å². The van der Waals surface area contributed by atoms with Crippen LogP contribution in [-0.2, 0) is 9.59 Å². The van der Waals surface area contributed by atoms with Gasteiger partial charge in [0.15, 0.2) is 18.1 Å². The molecular weight excluding hydrogens is 332 g/mol. The number of carbonyl (C=O) groups excluding carboxylic acids is 2. The lowest BCUT2D eigenvalue weighted by Crippen LogP contribution is -2.27. The Hall–Kier alpha value is -3.02. The number of para-hydroxylation sites is 2. The van der Waals surface area contributed by atoms with E-state index in [-0.39, 0.29) is 18.4 Å². The van der Waals surface area contributed by atoms with Gasteiger partial charge in [0.1, 0.15) is 0 Å². The Bertz CT molecular complexity index is 819. The van der Waals surface area contributed by atoms with Gasteiger partial charge in [0.2, 0.25) is 5.91 Å². The highest BCUT2D eigenvalue weighted by atomic mass is 16.5. The Balaban J connectivity index is 1.67. The molecule has 26 heavy (non-hydrogen) atoms. The molecule has 3 rings (SSSR count). The summed E-state index contributed by atoms with van der Waals surface area (Å²) in [5.41, 5.74) is 2.37. The molecule has 1 heterocycles. The van der Waals surface area contributed by atoms with Crippen molar-refractivity contribution in [3.05, 3.63) is 48.0 Å². The Morgan fingerprint density at radius 3 is 2.73 bits per heavy atom. The quantitative estimate of drug-likeness (QED) is 0.865.